The molecule has 1 aliphatic rings. The lowest BCUT2D eigenvalue weighted by atomic mass is 9.95. The minimum atomic E-state index is -4.12. The largest absolute Gasteiger partial charge is 0.411 e. The highest BCUT2D eigenvalue weighted by atomic mass is 32.2. The molecule has 3 aromatic carbocycles. The lowest BCUT2D eigenvalue weighted by Crippen LogP contribution is -2.57. The van der Waals surface area contributed by atoms with Crippen LogP contribution in [0, 0.1) is 11.8 Å². The van der Waals surface area contributed by atoms with Crippen LogP contribution in [0.15, 0.2) is 95.0 Å². The second-order valence-electron chi connectivity index (χ2n) is 14.4. The molecular formula is C40H49N7O7S. The van der Waals surface area contributed by atoms with E-state index in [9.17, 15) is 27.9 Å². The summed E-state index contributed by atoms with van der Waals surface area (Å²) >= 11 is 0. The smallest absolute Gasteiger partial charge is 0.328 e. The highest BCUT2D eigenvalue weighted by molar-refractivity contribution is 7.89. The minimum Gasteiger partial charge on any atom is -0.411 e. The number of benzene rings is 3. The first-order valence-corrected chi connectivity index (χ1v) is 19.7. The average Bonchev–Trinajstić information content (AvgIpc) is 3.42. The molecule has 0 bridgehead atoms. The number of oxime groups is 1. The number of aliphatic hydroxyl groups excluding tert-OH is 1. The number of urea groups is 1. The van der Waals surface area contributed by atoms with Crippen molar-refractivity contribution >= 4 is 50.7 Å². The molecule has 1 aliphatic heterocycles. The van der Waals surface area contributed by atoms with E-state index in [4.69, 9.17) is 10.9 Å². The van der Waals surface area contributed by atoms with E-state index in [1.807, 2.05) is 64.1 Å². The summed E-state index contributed by atoms with van der Waals surface area (Å²) in [7, 11) is -4.12. The van der Waals surface area contributed by atoms with E-state index in [-0.39, 0.29) is 49.3 Å². The first kappa shape index (κ1) is 40.8. The Labute approximate surface area is 321 Å². The molecule has 0 spiro atoms. The molecule has 0 saturated carbocycles. The van der Waals surface area contributed by atoms with E-state index in [2.05, 4.69) is 15.5 Å². The molecule has 5 N–H and O–H groups in total. The number of carbonyl (C=O) groups excluding carboxylic acids is 3. The van der Waals surface area contributed by atoms with Crippen molar-refractivity contribution in [2.24, 2.45) is 17.0 Å². The van der Waals surface area contributed by atoms with Gasteiger partial charge in [-0.2, -0.15) is 4.31 Å². The molecule has 4 aromatic rings. The van der Waals surface area contributed by atoms with E-state index in [0.717, 1.165) is 15.8 Å². The molecule has 1 fully saturated rings. The first-order chi connectivity index (χ1) is 26.2. The lowest BCUT2D eigenvalue weighted by molar-refractivity contribution is -0.129. The zero-order valence-electron chi connectivity index (χ0n) is 31.4. The number of anilines is 1. The van der Waals surface area contributed by atoms with Gasteiger partial charge in [0.25, 0.3) is 5.91 Å². The molecule has 15 heteroatoms. The highest BCUT2D eigenvalue weighted by Gasteiger charge is 2.45. The van der Waals surface area contributed by atoms with Gasteiger partial charge in [0, 0.05) is 24.2 Å². The molecule has 14 nitrogen and oxygen atoms in total. The van der Waals surface area contributed by atoms with E-state index < -0.39 is 46.1 Å². The van der Waals surface area contributed by atoms with Crippen LogP contribution in [0.25, 0.3) is 10.9 Å². The molecule has 4 amide bonds. The van der Waals surface area contributed by atoms with Crippen LogP contribution in [0.5, 0.6) is 0 Å². The second-order valence-corrected chi connectivity index (χ2v) is 16.3. The molecular weight excluding hydrogens is 723 g/mol. The van der Waals surface area contributed by atoms with Crippen molar-refractivity contribution in [1.29, 1.82) is 0 Å². The molecule has 0 unspecified atom stereocenters. The third-order valence-corrected chi connectivity index (χ3v) is 11.6. The number of pyridine rings is 1. The third kappa shape index (κ3) is 9.84. The summed E-state index contributed by atoms with van der Waals surface area (Å²) in [6, 6.07) is 21.1. The maximum Gasteiger partial charge on any atom is 0.328 e. The van der Waals surface area contributed by atoms with Gasteiger partial charge in [-0.05, 0) is 65.8 Å². The van der Waals surface area contributed by atoms with Crippen LogP contribution in [-0.2, 0) is 32.6 Å². The Kier molecular flexibility index (Phi) is 13.2. The van der Waals surface area contributed by atoms with Crippen molar-refractivity contribution in [2.45, 2.75) is 70.2 Å². The number of imide groups is 1. The number of nitrogens with zero attached hydrogens (tertiary/aromatic N) is 5. The maximum absolute atomic E-state index is 14.4. The molecule has 1 saturated heterocycles. The number of aromatic nitrogens is 1. The van der Waals surface area contributed by atoms with Crippen molar-refractivity contribution in [3.63, 3.8) is 0 Å². The van der Waals surface area contributed by atoms with Gasteiger partial charge in [0.1, 0.15) is 12.6 Å². The number of hydrogen-bond acceptors (Lipinski definition) is 10. The van der Waals surface area contributed by atoms with E-state index in [1.165, 1.54) is 39.7 Å². The normalized spacial score (nSPS) is 16.0. The number of hydrogen-bond donors (Lipinski definition) is 4. The Morgan fingerprint density at radius 3 is 2.38 bits per heavy atom. The molecule has 2 heterocycles. The predicted molar refractivity (Wildman–Crippen MR) is 210 cm³/mol. The van der Waals surface area contributed by atoms with Gasteiger partial charge >= 0.3 is 6.03 Å². The minimum absolute atomic E-state index is 0.0127. The van der Waals surface area contributed by atoms with Crippen LogP contribution < -0.4 is 11.1 Å². The monoisotopic (exact) mass is 771 g/mol. The van der Waals surface area contributed by atoms with Crippen LogP contribution in [0.3, 0.4) is 0 Å². The molecule has 292 valence electrons. The van der Waals surface area contributed by atoms with Gasteiger partial charge in [-0.1, -0.05) is 87.8 Å². The summed E-state index contributed by atoms with van der Waals surface area (Å²) in [4.78, 5) is 48.6. The second kappa shape index (κ2) is 17.8. The van der Waals surface area contributed by atoms with Crippen LogP contribution in [-0.4, -0.2) is 99.7 Å². The highest BCUT2D eigenvalue weighted by Crippen LogP contribution is 2.25. The molecule has 5 rings (SSSR count). The predicted octanol–water partition coefficient (Wildman–Crippen LogP) is 4.24. The Balaban J connectivity index is 1.39. The van der Waals surface area contributed by atoms with Crippen molar-refractivity contribution < 1.29 is 33.1 Å². The summed E-state index contributed by atoms with van der Waals surface area (Å²) in [6.07, 6.45) is 0.459. The van der Waals surface area contributed by atoms with Gasteiger partial charge in [-0.15, -0.1) is 0 Å². The summed E-state index contributed by atoms with van der Waals surface area (Å²) in [5.74, 6) is -1.53. The SMILES string of the molecule is CC[C@H](C)[C@@H](C(=O)N[C@@H](Cc1ccccc1)[C@@H](O)CN(CC(C)C)S(=O)(=O)c1ccc(C=NO)cc1)N1CC(=O)N(Cc2ccc3cc(N)ccc3n2)C1=O. The summed E-state index contributed by atoms with van der Waals surface area (Å²) in [5, 5.41) is 27.5. The molecule has 1 aromatic heterocycles. The number of aliphatic hydroxyl groups is 1. The van der Waals surface area contributed by atoms with E-state index in [0.29, 0.717) is 28.9 Å². The van der Waals surface area contributed by atoms with E-state index >= 15 is 0 Å². The van der Waals surface area contributed by atoms with Gasteiger partial charge in [-0.3, -0.25) is 19.5 Å². The third-order valence-electron chi connectivity index (χ3n) is 9.74. The van der Waals surface area contributed by atoms with Crippen LogP contribution in [0.1, 0.15) is 50.9 Å². The zero-order valence-corrected chi connectivity index (χ0v) is 32.3. The Morgan fingerprint density at radius 2 is 1.73 bits per heavy atom. The van der Waals surface area contributed by atoms with E-state index in [1.54, 1.807) is 24.3 Å². The number of sulfonamides is 1. The fourth-order valence-corrected chi connectivity index (χ4v) is 8.30. The van der Waals surface area contributed by atoms with Crippen LogP contribution >= 0.6 is 0 Å². The number of nitrogen functional groups attached to an aromatic ring is 1. The summed E-state index contributed by atoms with van der Waals surface area (Å²) in [5.41, 5.74) is 8.92. The fourth-order valence-electron chi connectivity index (χ4n) is 6.68. The number of carbonyl (C=O) groups is 3. The van der Waals surface area contributed by atoms with Gasteiger partial charge in [0.2, 0.25) is 15.9 Å². The first-order valence-electron chi connectivity index (χ1n) is 18.3. The quantitative estimate of drug-likeness (QED) is 0.0399. The standard InChI is InChI=1S/C40H49N7O7S/c1-5-27(4)38(47-25-37(49)46(40(47)51)23-32-15-13-30-20-31(41)14-18-34(30)43-32)39(50)44-35(19-28-9-7-6-8-10-28)36(48)24-45(22-26(2)3)55(53,54)33-16-11-29(12-17-33)21-42-52/h6-18,20-21,26-27,35-36,38,48,52H,5,19,22-25,41H2,1-4H3,(H,44,50)/t27-,35-,36-,38-/m0/s1. The van der Waals surface area contributed by atoms with Crippen molar-refractivity contribution in [2.75, 3.05) is 25.4 Å². The molecule has 0 aliphatic carbocycles. The average molecular weight is 772 g/mol. The topological polar surface area (TPSA) is 199 Å². The number of nitrogens with one attached hydrogen (secondary N) is 1. The lowest BCUT2D eigenvalue weighted by Gasteiger charge is -2.34. The number of amides is 4. The van der Waals surface area contributed by atoms with Gasteiger partial charge in [0.15, 0.2) is 0 Å². The zero-order chi connectivity index (χ0) is 39.9. The maximum atomic E-state index is 14.4. The van der Waals surface area contributed by atoms with Crippen LogP contribution in [0.4, 0.5) is 10.5 Å². The fraction of sp³-hybridized carbons (Fsp3) is 0.375. The summed E-state index contributed by atoms with van der Waals surface area (Å²) < 4.78 is 29.1. The molecule has 4 atom stereocenters. The van der Waals surface area contributed by atoms with Crippen LogP contribution in [0.2, 0.25) is 0 Å². The Bertz CT molecular complexity index is 2110. The van der Waals surface area contributed by atoms with Gasteiger partial charge in [-0.25, -0.2) is 13.2 Å². The van der Waals surface area contributed by atoms with Gasteiger partial charge in [0.05, 0.1) is 41.0 Å². The number of nitrogens with two attached hydrogens (primary N) is 1. The molecule has 0 radical (unpaired) electrons. The Morgan fingerprint density at radius 1 is 1.02 bits per heavy atom. The number of rotatable bonds is 17. The molecule has 55 heavy (non-hydrogen) atoms. The van der Waals surface area contributed by atoms with Crippen molar-refractivity contribution in [3.8, 4) is 0 Å². The van der Waals surface area contributed by atoms with Gasteiger partial charge < -0.3 is 26.3 Å². The Hall–Kier alpha value is -5.38. The number of fused-ring (bicyclic) bond motifs is 1. The van der Waals surface area contributed by atoms with Crippen molar-refractivity contribution in [1.82, 2.24) is 24.4 Å². The summed E-state index contributed by atoms with van der Waals surface area (Å²) in [6.45, 7) is 6.76. The van der Waals surface area contributed by atoms with Crippen molar-refractivity contribution in [3.05, 3.63) is 102 Å².